The Labute approximate surface area is 142 Å². The summed E-state index contributed by atoms with van der Waals surface area (Å²) in [5, 5.41) is 7.90. The van der Waals surface area contributed by atoms with Crippen LogP contribution in [0.5, 0.6) is 11.5 Å². The standard InChI is InChI=1S/C16H23N3O3S/c1-11(14-9-12(20-2)6-7-15(14)21-3)18-19-16(23)17-10-13-5-4-8-22-13/h6-7,9,13H,4-5,8,10H2,1-3H3,(H2,17,19,23)/b18-11-/t13-/m1/s1. The lowest BCUT2D eigenvalue weighted by Gasteiger charge is -2.13. The van der Waals surface area contributed by atoms with E-state index in [0.717, 1.165) is 42.2 Å². The highest BCUT2D eigenvalue weighted by molar-refractivity contribution is 7.80. The summed E-state index contributed by atoms with van der Waals surface area (Å²) in [5.41, 5.74) is 4.45. The van der Waals surface area contributed by atoms with Gasteiger partial charge in [-0.25, -0.2) is 0 Å². The fraction of sp³-hybridized carbons (Fsp3) is 0.500. The Morgan fingerprint density at radius 1 is 1.39 bits per heavy atom. The smallest absolute Gasteiger partial charge is 0.187 e. The molecule has 0 saturated carbocycles. The van der Waals surface area contributed by atoms with E-state index in [1.807, 2.05) is 25.1 Å². The van der Waals surface area contributed by atoms with Gasteiger partial charge < -0.3 is 19.5 Å². The number of ether oxygens (including phenoxy) is 3. The highest BCUT2D eigenvalue weighted by Crippen LogP contribution is 2.24. The summed E-state index contributed by atoms with van der Waals surface area (Å²) in [6.07, 6.45) is 2.41. The third kappa shape index (κ3) is 5.07. The van der Waals surface area contributed by atoms with Crippen LogP contribution in [-0.2, 0) is 4.74 Å². The molecule has 0 radical (unpaired) electrons. The zero-order valence-corrected chi connectivity index (χ0v) is 14.5. The Balaban J connectivity index is 1.94. The normalized spacial score (nSPS) is 17.7. The molecule has 6 nitrogen and oxygen atoms in total. The van der Waals surface area contributed by atoms with Crippen molar-refractivity contribution in [2.45, 2.75) is 25.9 Å². The van der Waals surface area contributed by atoms with Crippen LogP contribution >= 0.6 is 12.2 Å². The van der Waals surface area contributed by atoms with E-state index in [9.17, 15) is 0 Å². The Kier molecular flexibility index (Phi) is 6.61. The Morgan fingerprint density at radius 3 is 2.87 bits per heavy atom. The molecule has 0 aliphatic carbocycles. The molecule has 0 unspecified atom stereocenters. The van der Waals surface area contributed by atoms with Crippen LogP contribution < -0.4 is 20.2 Å². The van der Waals surface area contributed by atoms with Gasteiger partial charge in [0.2, 0.25) is 0 Å². The molecule has 126 valence electrons. The van der Waals surface area contributed by atoms with Gasteiger partial charge in [0, 0.05) is 18.7 Å². The van der Waals surface area contributed by atoms with Gasteiger partial charge in [0.1, 0.15) is 11.5 Å². The SMILES string of the molecule is COc1ccc(OC)c(/C(C)=N\NC(=S)NC[C@H]2CCCO2)c1. The first-order valence-corrected chi connectivity index (χ1v) is 7.97. The maximum Gasteiger partial charge on any atom is 0.187 e. The van der Waals surface area contributed by atoms with Gasteiger partial charge in [-0.2, -0.15) is 5.10 Å². The van der Waals surface area contributed by atoms with E-state index in [2.05, 4.69) is 15.8 Å². The van der Waals surface area contributed by atoms with Crippen LogP contribution in [0.2, 0.25) is 0 Å². The lowest BCUT2D eigenvalue weighted by atomic mass is 10.1. The third-order valence-electron chi connectivity index (χ3n) is 3.64. The van der Waals surface area contributed by atoms with Crippen molar-refractivity contribution in [1.82, 2.24) is 10.7 Å². The van der Waals surface area contributed by atoms with E-state index in [1.165, 1.54) is 0 Å². The number of benzene rings is 1. The lowest BCUT2D eigenvalue weighted by molar-refractivity contribution is 0.114. The zero-order valence-electron chi connectivity index (χ0n) is 13.7. The molecule has 1 saturated heterocycles. The van der Waals surface area contributed by atoms with E-state index >= 15 is 0 Å². The predicted octanol–water partition coefficient (Wildman–Crippen LogP) is 2.07. The van der Waals surface area contributed by atoms with Gasteiger partial charge in [0.05, 0.1) is 26.0 Å². The first-order chi connectivity index (χ1) is 11.1. The molecule has 1 aromatic rings. The largest absolute Gasteiger partial charge is 0.497 e. The van der Waals surface area contributed by atoms with Gasteiger partial charge in [-0.15, -0.1) is 0 Å². The molecule has 2 rings (SSSR count). The number of nitrogens with zero attached hydrogens (tertiary/aromatic N) is 1. The molecule has 1 fully saturated rings. The Hall–Kier alpha value is -1.86. The molecule has 1 heterocycles. The topological polar surface area (TPSA) is 64.1 Å². The van der Waals surface area contributed by atoms with Gasteiger partial charge in [-0.3, -0.25) is 5.43 Å². The second kappa shape index (κ2) is 8.69. The summed E-state index contributed by atoms with van der Waals surface area (Å²) in [7, 11) is 3.25. The molecular weight excluding hydrogens is 314 g/mol. The van der Waals surface area contributed by atoms with Crippen LogP contribution in [0.4, 0.5) is 0 Å². The molecule has 1 atom stereocenters. The summed E-state index contributed by atoms with van der Waals surface area (Å²) in [6, 6.07) is 5.57. The maximum absolute atomic E-state index is 5.54. The fourth-order valence-corrected chi connectivity index (χ4v) is 2.47. The Bertz CT molecular complexity index is 572. The van der Waals surface area contributed by atoms with Gasteiger partial charge in [-0.05, 0) is 50.2 Å². The number of nitrogens with one attached hydrogen (secondary N) is 2. The number of hydrogen-bond donors (Lipinski definition) is 2. The zero-order chi connectivity index (χ0) is 16.7. The van der Waals surface area contributed by atoms with Crippen LogP contribution in [-0.4, -0.2) is 44.3 Å². The van der Waals surface area contributed by atoms with Crippen LogP contribution in [0.1, 0.15) is 25.3 Å². The van der Waals surface area contributed by atoms with Crippen molar-refractivity contribution in [2.75, 3.05) is 27.4 Å². The predicted molar refractivity (Wildman–Crippen MR) is 94.5 cm³/mol. The monoisotopic (exact) mass is 337 g/mol. The van der Waals surface area contributed by atoms with Crippen molar-refractivity contribution >= 4 is 23.0 Å². The molecule has 0 amide bonds. The summed E-state index contributed by atoms with van der Waals surface area (Å²) >= 11 is 5.23. The second-order valence-corrected chi connectivity index (χ2v) is 5.63. The summed E-state index contributed by atoms with van der Waals surface area (Å²) in [5.74, 6) is 1.47. The minimum atomic E-state index is 0.235. The highest BCUT2D eigenvalue weighted by Gasteiger charge is 2.15. The second-order valence-electron chi connectivity index (χ2n) is 5.22. The van der Waals surface area contributed by atoms with Gasteiger partial charge in [0.25, 0.3) is 0 Å². The average Bonchev–Trinajstić information content (AvgIpc) is 3.10. The van der Waals surface area contributed by atoms with Crippen molar-refractivity contribution < 1.29 is 14.2 Å². The summed E-state index contributed by atoms with van der Waals surface area (Å²) < 4.78 is 16.1. The number of rotatable bonds is 6. The third-order valence-corrected chi connectivity index (χ3v) is 3.87. The number of thiocarbonyl (C=S) groups is 1. The molecule has 0 bridgehead atoms. The Morgan fingerprint density at radius 2 is 2.22 bits per heavy atom. The average molecular weight is 337 g/mol. The van der Waals surface area contributed by atoms with Crippen molar-refractivity contribution in [3.63, 3.8) is 0 Å². The quantitative estimate of drug-likeness (QED) is 0.471. The maximum atomic E-state index is 5.54. The molecule has 0 spiro atoms. The molecule has 23 heavy (non-hydrogen) atoms. The first kappa shape index (κ1) is 17.5. The van der Waals surface area contributed by atoms with E-state index in [4.69, 9.17) is 26.4 Å². The van der Waals surface area contributed by atoms with E-state index in [0.29, 0.717) is 11.7 Å². The van der Waals surface area contributed by atoms with E-state index < -0.39 is 0 Å². The van der Waals surface area contributed by atoms with Gasteiger partial charge in [0.15, 0.2) is 5.11 Å². The van der Waals surface area contributed by atoms with Gasteiger partial charge in [-0.1, -0.05) is 0 Å². The molecular formula is C16H23N3O3S. The lowest BCUT2D eigenvalue weighted by Crippen LogP contribution is -2.37. The van der Waals surface area contributed by atoms with E-state index in [-0.39, 0.29) is 6.10 Å². The summed E-state index contributed by atoms with van der Waals surface area (Å²) in [6.45, 7) is 3.41. The van der Waals surface area contributed by atoms with Crippen molar-refractivity contribution in [3.05, 3.63) is 23.8 Å². The van der Waals surface area contributed by atoms with Crippen molar-refractivity contribution in [1.29, 1.82) is 0 Å². The van der Waals surface area contributed by atoms with E-state index in [1.54, 1.807) is 14.2 Å². The fourth-order valence-electron chi connectivity index (χ4n) is 2.34. The van der Waals surface area contributed by atoms with Crippen molar-refractivity contribution in [3.8, 4) is 11.5 Å². The molecule has 2 N–H and O–H groups in total. The van der Waals surface area contributed by atoms with Gasteiger partial charge >= 0.3 is 0 Å². The van der Waals surface area contributed by atoms with Crippen molar-refractivity contribution in [2.24, 2.45) is 5.10 Å². The molecule has 1 aliphatic heterocycles. The number of hydrazone groups is 1. The van der Waals surface area contributed by atoms with Crippen LogP contribution in [0.25, 0.3) is 0 Å². The molecule has 0 aromatic heterocycles. The summed E-state index contributed by atoms with van der Waals surface area (Å²) in [4.78, 5) is 0. The van der Waals surface area contributed by atoms with Crippen LogP contribution in [0.3, 0.4) is 0 Å². The first-order valence-electron chi connectivity index (χ1n) is 7.56. The minimum absolute atomic E-state index is 0.235. The number of hydrogen-bond acceptors (Lipinski definition) is 5. The molecule has 1 aromatic carbocycles. The van der Waals surface area contributed by atoms with Crippen LogP contribution in [0, 0.1) is 0 Å². The number of methoxy groups -OCH3 is 2. The highest BCUT2D eigenvalue weighted by atomic mass is 32.1. The molecule has 1 aliphatic rings. The van der Waals surface area contributed by atoms with Crippen LogP contribution in [0.15, 0.2) is 23.3 Å². The molecule has 7 heteroatoms. The minimum Gasteiger partial charge on any atom is -0.497 e.